The Kier molecular flexibility index (Phi) is 4.74. The maximum absolute atomic E-state index is 11.3. The van der Waals surface area contributed by atoms with Crippen LogP contribution in [0.5, 0.6) is 0 Å². The van der Waals surface area contributed by atoms with Gasteiger partial charge in [0.2, 0.25) is 0 Å². The van der Waals surface area contributed by atoms with Gasteiger partial charge in [-0.15, -0.1) is 11.6 Å². The Balaban J connectivity index is 2.09. The molecule has 6 heteroatoms. The van der Waals surface area contributed by atoms with Crippen LogP contribution in [-0.4, -0.2) is 27.1 Å². The predicted octanol–water partition coefficient (Wildman–Crippen LogP) is 2.51. The predicted molar refractivity (Wildman–Crippen MR) is 73.0 cm³/mol. The smallest absolute Gasteiger partial charge is 0.305 e. The first-order valence-electron chi connectivity index (χ1n) is 6.27. The summed E-state index contributed by atoms with van der Waals surface area (Å²) in [6.07, 6.45) is 4.55. The van der Waals surface area contributed by atoms with Crippen LogP contribution in [0.4, 0.5) is 0 Å². The Labute approximate surface area is 116 Å². The first kappa shape index (κ1) is 13.8. The van der Waals surface area contributed by atoms with Crippen LogP contribution in [0.25, 0.3) is 11.0 Å². The lowest BCUT2D eigenvalue weighted by Gasteiger charge is -2.07. The number of aromatic nitrogens is 3. The Morgan fingerprint density at radius 3 is 3.11 bits per heavy atom. The second kappa shape index (κ2) is 6.52. The van der Waals surface area contributed by atoms with Gasteiger partial charge in [0.25, 0.3) is 0 Å². The molecule has 0 N–H and O–H groups in total. The van der Waals surface area contributed by atoms with Crippen LogP contribution in [0.1, 0.15) is 25.6 Å². The third-order valence-corrected chi connectivity index (χ3v) is 3.06. The zero-order chi connectivity index (χ0) is 13.7. The van der Waals surface area contributed by atoms with Crippen LogP contribution in [-0.2, 0) is 22.0 Å². The van der Waals surface area contributed by atoms with Crippen molar-refractivity contribution >= 4 is 28.6 Å². The number of carbonyl (C=O) groups is 1. The third kappa shape index (κ3) is 3.23. The minimum Gasteiger partial charge on any atom is -0.466 e. The standard InChI is InChI=1S/C13H16ClN3O2/c1-2-19-13(18)4-3-7-17-11-5-6-15-9-10(11)16-12(17)8-14/h5-6,9H,2-4,7-8H2,1H3. The molecule has 2 heterocycles. The molecule has 19 heavy (non-hydrogen) atoms. The molecule has 0 saturated carbocycles. The molecule has 0 aliphatic carbocycles. The van der Waals surface area contributed by atoms with E-state index in [0.29, 0.717) is 31.9 Å². The molecule has 5 nitrogen and oxygen atoms in total. The fraction of sp³-hybridized carbons (Fsp3) is 0.462. The van der Waals surface area contributed by atoms with E-state index in [1.54, 1.807) is 19.3 Å². The van der Waals surface area contributed by atoms with Crippen LogP contribution < -0.4 is 0 Å². The second-order valence-electron chi connectivity index (χ2n) is 4.09. The van der Waals surface area contributed by atoms with E-state index in [1.807, 2.05) is 10.6 Å². The largest absolute Gasteiger partial charge is 0.466 e. The topological polar surface area (TPSA) is 57.0 Å². The lowest BCUT2D eigenvalue weighted by Crippen LogP contribution is -2.08. The van der Waals surface area contributed by atoms with E-state index in [-0.39, 0.29) is 5.97 Å². The molecule has 0 amide bonds. The summed E-state index contributed by atoms with van der Waals surface area (Å²) < 4.78 is 6.94. The maximum Gasteiger partial charge on any atom is 0.305 e. The molecular formula is C13H16ClN3O2. The average Bonchev–Trinajstić information content (AvgIpc) is 2.77. The first-order chi connectivity index (χ1) is 9.26. The minimum atomic E-state index is -0.166. The van der Waals surface area contributed by atoms with Crippen molar-refractivity contribution in [3.8, 4) is 0 Å². The highest BCUT2D eigenvalue weighted by molar-refractivity contribution is 6.16. The van der Waals surface area contributed by atoms with Gasteiger partial charge in [-0.05, 0) is 19.4 Å². The Bertz CT molecular complexity index is 568. The molecular weight excluding hydrogens is 266 g/mol. The third-order valence-electron chi connectivity index (χ3n) is 2.82. The number of hydrogen-bond donors (Lipinski definition) is 0. The zero-order valence-electron chi connectivity index (χ0n) is 10.8. The van der Waals surface area contributed by atoms with Gasteiger partial charge < -0.3 is 9.30 Å². The molecule has 0 aliphatic rings. The van der Waals surface area contributed by atoms with Crippen LogP contribution in [0.15, 0.2) is 18.5 Å². The van der Waals surface area contributed by atoms with Crippen LogP contribution in [0, 0.1) is 0 Å². The Morgan fingerprint density at radius 2 is 2.37 bits per heavy atom. The summed E-state index contributed by atoms with van der Waals surface area (Å²) in [5.41, 5.74) is 1.82. The van der Waals surface area contributed by atoms with E-state index < -0.39 is 0 Å². The molecule has 0 radical (unpaired) electrons. The second-order valence-corrected chi connectivity index (χ2v) is 4.35. The van der Waals surface area contributed by atoms with Crippen molar-refractivity contribution in [1.82, 2.24) is 14.5 Å². The summed E-state index contributed by atoms with van der Waals surface area (Å²) in [5.74, 6) is 0.975. The van der Waals surface area contributed by atoms with E-state index in [0.717, 1.165) is 16.9 Å². The maximum atomic E-state index is 11.3. The van der Waals surface area contributed by atoms with E-state index >= 15 is 0 Å². The SMILES string of the molecule is CCOC(=O)CCCn1c(CCl)nc2cnccc21. The fourth-order valence-corrected chi connectivity index (χ4v) is 2.20. The highest BCUT2D eigenvalue weighted by atomic mass is 35.5. The van der Waals surface area contributed by atoms with Gasteiger partial charge >= 0.3 is 5.97 Å². The number of fused-ring (bicyclic) bond motifs is 1. The summed E-state index contributed by atoms with van der Waals surface area (Å²) >= 11 is 5.90. The molecule has 0 aliphatic heterocycles. The Morgan fingerprint density at radius 1 is 1.53 bits per heavy atom. The Hall–Kier alpha value is -1.62. The molecule has 0 atom stereocenters. The molecule has 2 aromatic heterocycles. The molecule has 2 aromatic rings. The lowest BCUT2D eigenvalue weighted by atomic mass is 10.3. The number of rotatable bonds is 6. The van der Waals surface area contributed by atoms with Crippen molar-refractivity contribution in [2.24, 2.45) is 0 Å². The quantitative estimate of drug-likeness (QED) is 0.603. The number of nitrogens with zero attached hydrogens (tertiary/aromatic N) is 3. The van der Waals surface area contributed by atoms with Gasteiger partial charge in [-0.2, -0.15) is 0 Å². The van der Waals surface area contributed by atoms with Gasteiger partial charge in [0.1, 0.15) is 11.3 Å². The molecule has 0 fully saturated rings. The van der Waals surface area contributed by atoms with Crippen molar-refractivity contribution in [3.63, 3.8) is 0 Å². The molecule has 0 bridgehead atoms. The van der Waals surface area contributed by atoms with Crippen LogP contribution in [0.3, 0.4) is 0 Å². The van der Waals surface area contributed by atoms with Gasteiger partial charge in [0.05, 0.1) is 24.2 Å². The first-order valence-corrected chi connectivity index (χ1v) is 6.80. The number of alkyl halides is 1. The highest BCUT2D eigenvalue weighted by Gasteiger charge is 2.10. The number of pyridine rings is 1. The summed E-state index contributed by atoms with van der Waals surface area (Å²) in [6.45, 7) is 2.92. The van der Waals surface area contributed by atoms with E-state index in [2.05, 4.69) is 9.97 Å². The fourth-order valence-electron chi connectivity index (χ4n) is 2.00. The minimum absolute atomic E-state index is 0.166. The van der Waals surface area contributed by atoms with Crippen molar-refractivity contribution in [2.75, 3.05) is 6.61 Å². The van der Waals surface area contributed by atoms with E-state index in [4.69, 9.17) is 16.3 Å². The van der Waals surface area contributed by atoms with Gasteiger partial charge in [-0.3, -0.25) is 9.78 Å². The van der Waals surface area contributed by atoms with E-state index in [9.17, 15) is 4.79 Å². The number of imidazole rings is 1. The average molecular weight is 282 g/mol. The number of esters is 1. The van der Waals surface area contributed by atoms with Gasteiger partial charge in [0, 0.05) is 19.2 Å². The summed E-state index contributed by atoms with van der Waals surface area (Å²) in [6, 6.07) is 1.91. The normalized spacial score (nSPS) is 10.8. The summed E-state index contributed by atoms with van der Waals surface area (Å²) in [7, 11) is 0. The molecule has 0 aromatic carbocycles. The monoisotopic (exact) mass is 281 g/mol. The number of aryl methyl sites for hydroxylation is 1. The molecule has 0 spiro atoms. The summed E-state index contributed by atoms with van der Waals surface area (Å²) in [5, 5.41) is 0. The number of hydrogen-bond acceptors (Lipinski definition) is 4. The van der Waals surface area contributed by atoms with Crippen molar-refractivity contribution < 1.29 is 9.53 Å². The van der Waals surface area contributed by atoms with Crippen molar-refractivity contribution in [2.45, 2.75) is 32.2 Å². The van der Waals surface area contributed by atoms with E-state index in [1.165, 1.54) is 0 Å². The molecule has 0 saturated heterocycles. The van der Waals surface area contributed by atoms with Crippen LogP contribution in [0.2, 0.25) is 0 Å². The number of halogens is 1. The number of carbonyl (C=O) groups excluding carboxylic acids is 1. The summed E-state index contributed by atoms with van der Waals surface area (Å²) in [4.78, 5) is 19.8. The van der Waals surface area contributed by atoms with Gasteiger partial charge in [-0.25, -0.2) is 4.98 Å². The van der Waals surface area contributed by atoms with Gasteiger partial charge in [-0.1, -0.05) is 0 Å². The molecule has 0 unspecified atom stereocenters. The highest BCUT2D eigenvalue weighted by Crippen LogP contribution is 2.17. The molecule has 2 rings (SSSR count). The number of ether oxygens (including phenoxy) is 1. The molecule has 102 valence electrons. The lowest BCUT2D eigenvalue weighted by molar-refractivity contribution is -0.143. The van der Waals surface area contributed by atoms with Crippen LogP contribution >= 0.6 is 11.6 Å². The van der Waals surface area contributed by atoms with Gasteiger partial charge in [0.15, 0.2) is 0 Å². The van der Waals surface area contributed by atoms with Crippen molar-refractivity contribution in [1.29, 1.82) is 0 Å². The zero-order valence-corrected chi connectivity index (χ0v) is 11.6. The van der Waals surface area contributed by atoms with Crippen molar-refractivity contribution in [3.05, 3.63) is 24.3 Å².